The maximum Gasteiger partial charge on any atom is 0.246 e. The average molecular weight is 394 g/mol. The van der Waals surface area contributed by atoms with Crippen LogP contribution < -0.4 is 16.0 Å². The van der Waals surface area contributed by atoms with Crippen LogP contribution in [0.25, 0.3) is 0 Å². The molecule has 2 amide bonds. The van der Waals surface area contributed by atoms with Crippen molar-refractivity contribution in [2.45, 2.75) is 19.9 Å². The predicted molar refractivity (Wildman–Crippen MR) is 96.6 cm³/mol. The lowest BCUT2D eigenvalue weighted by Gasteiger charge is -2.16. The third-order valence-corrected chi connectivity index (χ3v) is 3.64. The fourth-order valence-corrected chi connectivity index (χ4v) is 2.43. The van der Waals surface area contributed by atoms with Crippen molar-refractivity contribution in [1.82, 2.24) is 0 Å². The Morgan fingerprint density at radius 3 is 2.50 bits per heavy atom. The normalized spacial score (nSPS) is 11.5. The highest BCUT2D eigenvalue weighted by Crippen LogP contribution is 2.21. The minimum Gasteiger partial charge on any atom is -0.374 e. The summed E-state index contributed by atoms with van der Waals surface area (Å²) >= 11 is 3.34. The van der Waals surface area contributed by atoms with Crippen molar-refractivity contribution in [3.63, 3.8) is 0 Å². The summed E-state index contributed by atoms with van der Waals surface area (Å²) in [5, 5.41) is 8.16. The summed E-state index contributed by atoms with van der Waals surface area (Å²) in [5.74, 6) is -1.15. The predicted octanol–water partition coefficient (Wildman–Crippen LogP) is 3.99. The summed E-state index contributed by atoms with van der Waals surface area (Å²) in [4.78, 5) is 23.3. The number of hydrogen-bond acceptors (Lipinski definition) is 3. The van der Waals surface area contributed by atoms with Crippen LogP contribution in [0.3, 0.4) is 0 Å². The molecule has 0 aliphatic heterocycles. The van der Waals surface area contributed by atoms with E-state index in [1.54, 1.807) is 19.1 Å². The summed E-state index contributed by atoms with van der Waals surface area (Å²) in [6.45, 7) is 2.99. The maximum atomic E-state index is 13.6. The van der Waals surface area contributed by atoms with Crippen LogP contribution in [-0.4, -0.2) is 17.9 Å². The number of anilines is 3. The monoisotopic (exact) mass is 393 g/mol. The zero-order valence-electron chi connectivity index (χ0n) is 13.2. The lowest BCUT2D eigenvalue weighted by atomic mass is 10.2. The number of hydrogen-bond donors (Lipinski definition) is 3. The molecule has 2 rings (SSSR count). The maximum absolute atomic E-state index is 13.6. The first-order chi connectivity index (χ1) is 11.3. The van der Waals surface area contributed by atoms with Gasteiger partial charge in [0.25, 0.3) is 0 Å². The number of rotatable bonds is 5. The van der Waals surface area contributed by atoms with Crippen molar-refractivity contribution < 1.29 is 14.0 Å². The van der Waals surface area contributed by atoms with Crippen LogP contribution >= 0.6 is 15.9 Å². The summed E-state index contributed by atoms with van der Waals surface area (Å²) in [7, 11) is 0. The molecule has 7 heteroatoms. The fraction of sp³-hybridized carbons (Fsp3) is 0.176. The van der Waals surface area contributed by atoms with Crippen molar-refractivity contribution in [3.05, 3.63) is 52.8 Å². The molecule has 0 spiro atoms. The van der Waals surface area contributed by atoms with E-state index in [-0.39, 0.29) is 17.5 Å². The van der Waals surface area contributed by atoms with Crippen molar-refractivity contribution in [2.75, 3.05) is 16.0 Å². The number of nitrogens with one attached hydrogen (secondary N) is 3. The Labute approximate surface area is 147 Å². The van der Waals surface area contributed by atoms with Crippen LogP contribution in [0.2, 0.25) is 0 Å². The Balaban J connectivity index is 2.04. The molecule has 0 saturated carbocycles. The largest absolute Gasteiger partial charge is 0.374 e. The van der Waals surface area contributed by atoms with Crippen LogP contribution in [0.5, 0.6) is 0 Å². The van der Waals surface area contributed by atoms with E-state index in [9.17, 15) is 14.0 Å². The second-order valence-corrected chi connectivity index (χ2v) is 6.16. The van der Waals surface area contributed by atoms with Crippen LogP contribution in [0.4, 0.5) is 21.5 Å². The van der Waals surface area contributed by atoms with Gasteiger partial charge in [-0.3, -0.25) is 9.59 Å². The highest BCUT2D eigenvalue weighted by molar-refractivity contribution is 9.10. The van der Waals surface area contributed by atoms with Crippen LogP contribution in [0.15, 0.2) is 46.9 Å². The molecule has 5 nitrogen and oxygen atoms in total. The molecule has 0 aliphatic carbocycles. The van der Waals surface area contributed by atoms with Gasteiger partial charge in [0.05, 0.1) is 5.69 Å². The van der Waals surface area contributed by atoms with Gasteiger partial charge < -0.3 is 16.0 Å². The van der Waals surface area contributed by atoms with Gasteiger partial charge in [0.2, 0.25) is 11.8 Å². The van der Waals surface area contributed by atoms with Crippen LogP contribution in [0.1, 0.15) is 13.8 Å². The topological polar surface area (TPSA) is 70.2 Å². The highest BCUT2D eigenvalue weighted by Gasteiger charge is 2.14. The second kappa shape index (κ2) is 7.92. The van der Waals surface area contributed by atoms with Crippen LogP contribution in [-0.2, 0) is 9.59 Å². The first kappa shape index (κ1) is 17.9. The minimum atomic E-state index is -0.556. The Kier molecular flexibility index (Phi) is 5.92. The highest BCUT2D eigenvalue weighted by atomic mass is 79.9. The number of benzene rings is 2. The molecular weight excluding hydrogens is 377 g/mol. The lowest BCUT2D eigenvalue weighted by Crippen LogP contribution is -2.31. The molecule has 1 atom stereocenters. The van der Waals surface area contributed by atoms with Crippen molar-refractivity contribution in [2.24, 2.45) is 0 Å². The van der Waals surface area contributed by atoms with Gasteiger partial charge in [-0.05, 0) is 43.3 Å². The van der Waals surface area contributed by atoms with E-state index in [1.807, 2.05) is 12.1 Å². The lowest BCUT2D eigenvalue weighted by molar-refractivity contribution is -0.116. The van der Waals surface area contributed by atoms with Gasteiger partial charge in [0.15, 0.2) is 0 Å². The summed E-state index contributed by atoms with van der Waals surface area (Å²) in [5.41, 5.74) is 1.25. The van der Waals surface area contributed by atoms with E-state index in [4.69, 9.17) is 0 Å². The van der Waals surface area contributed by atoms with E-state index in [0.717, 1.165) is 4.47 Å². The molecule has 0 aliphatic rings. The van der Waals surface area contributed by atoms with Gasteiger partial charge in [-0.15, -0.1) is 0 Å². The molecule has 126 valence electrons. The first-order valence-electron chi connectivity index (χ1n) is 7.25. The van der Waals surface area contributed by atoms with Gasteiger partial charge in [0.1, 0.15) is 11.9 Å². The number of carbonyl (C=O) groups excluding carboxylic acids is 2. The average Bonchev–Trinajstić information content (AvgIpc) is 2.50. The molecule has 0 aromatic heterocycles. The molecule has 2 aromatic rings. The van der Waals surface area contributed by atoms with Crippen molar-refractivity contribution in [3.8, 4) is 0 Å². The molecule has 0 bridgehead atoms. The SMILES string of the molecule is CC(=O)Nc1cc(NC(C)C(=O)Nc2cccc(Br)c2)ccc1F. The molecule has 0 heterocycles. The molecule has 0 saturated heterocycles. The molecule has 3 N–H and O–H groups in total. The molecule has 24 heavy (non-hydrogen) atoms. The standard InChI is InChI=1S/C17H17BrFN3O2/c1-10(17(24)22-13-5-3-4-12(18)8-13)20-14-6-7-15(19)16(9-14)21-11(2)23/h3-10,20H,1-2H3,(H,21,23)(H,22,24). The molecule has 2 aromatic carbocycles. The van der Waals surface area contributed by atoms with Crippen LogP contribution in [0, 0.1) is 5.82 Å². The van der Waals surface area contributed by atoms with Crippen molar-refractivity contribution in [1.29, 1.82) is 0 Å². The zero-order chi connectivity index (χ0) is 17.7. The number of carbonyl (C=O) groups is 2. The second-order valence-electron chi connectivity index (χ2n) is 5.24. The summed E-state index contributed by atoms with van der Waals surface area (Å²) in [6.07, 6.45) is 0. The number of halogens is 2. The smallest absolute Gasteiger partial charge is 0.246 e. The Bertz CT molecular complexity index is 767. The van der Waals surface area contributed by atoms with E-state index in [1.165, 1.54) is 25.1 Å². The fourth-order valence-electron chi connectivity index (χ4n) is 2.03. The molecular formula is C17H17BrFN3O2. The van der Waals surface area contributed by atoms with E-state index in [0.29, 0.717) is 11.4 Å². The molecule has 0 fully saturated rings. The van der Waals surface area contributed by atoms with Gasteiger partial charge in [-0.1, -0.05) is 22.0 Å². The van der Waals surface area contributed by atoms with Gasteiger partial charge in [-0.2, -0.15) is 0 Å². The molecule has 0 radical (unpaired) electrons. The van der Waals surface area contributed by atoms with E-state index in [2.05, 4.69) is 31.9 Å². The van der Waals surface area contributed by atoms with Gasteiger partial charge in [-0.25, -0.2) is 4.39 Å². The molecule has 1 unspecified atom stereocenters. The van der Waals surface area contributed by atoms with E-state index >= 15 is 0 Å². The first-order valence-corrected chi connectivity index (χ1v) is 8.04. The third-order valence-electron chi connectivity index (χ3n) is 3.15. The summed E-state index contributed by atoms with van der Waals surface area (Å²) < 4.78 is 14.5. The zero-order valence-corrected chi connectivity index (χ0v) is 14.8. The van der Waals surface area contributed by atoms with E-state index < -0.39 is 11.9 Å². The van der Waals surface area contributed by atoms with Gasteiger partial charge in [0, 0.05) is 22.8 Å². The Morgan fingerprint density at radius 1 is 1.08 bits per heavy atom. The quantitative estimate of drug-likeness (QED) is 0.719. The number of amides is 2. The van der Waals surface area contributed by atoms with Gasteiger partial charge >= 0.3 is 0 Å². The minimum absolute atomic E-state index is 0.0621. The third kappa shape index (κ3) is 5.06. The van der Waals surface area contributed by atoms with Crippen molar-refractivity contribution >= 4 is 44.8 Å². The Hall–Kier alpha value is -2.41. The Morgan fingerprint density at radius 2 is 1.83 bits per heavy atom. The summed E-state index contributed by atoms with van der Waals surface area (Å²) in [6, 6.07) is 10.9.